The molecule has 4 rings (SSSR count). The largest absolute Gasteiger partial charge is 0.442 e. The third kappa shape index (κ3) is 2.65. The van der Waals surface area contributed by atoms with Gasteiger partial charge in [0, 0.05) is 18.7 Å². The summed E-state index contributed by atoms with van der Waals surface area (Å²) in [6.07, 6.45) is 4.76. The van der Waals surface area contributed by atoms with Crippen LogP contribution in [0.15, 0.2) is 10.7 Å². The molecule has 7 nitrogen and oxygen atoms in total. The van der Waals surface area contributed by atoms with Gasteiger partial charge in [0.15, 0.2) is 0 Å². The molecule has 23 heavy (non-hydrogen) atoms. The monoisotopic (exact) mass is 316 g/mol. The summed E-state index contributed by atoms with van der Waals surface area (Å²) in [4.78, 5) is 21.1. The second-order valence-corrected chi connectivity index (χ2v) is 6.61. The van der Waals surface area contributed by atoms with Crippen molar-refractivity contribution in [3.05, 3.63) is 17.7 Å². The third-order valence-electron chi connectivity index (χ3n) is 4.60. The van der Waals surface area contributed by atoms with Gasteiger partial charge in [-0.2, -0.15) is 0 Å². The van der Waals surface area contributed by atoms with Gasteiger partial charge >= 0.3 is 0 Å². The molecule has 1 atom stereocenters. The highest BCUT2D eigenvalue weighted by Gasteiger charge is 2.38. The van der Waals surface area contributed by atoms with Crippen molar-refractivity contribution in [1.82, 2.24) is 15.3 Å². The molecule has 2 N–H and O–H groups in total. The fraction of sp³-hybridized carbons (Fsp3) is 0.562. The Morgan fingerprint density at radius 3 is 2.87 bits per heavy atom. The van der Waals surface area contributed by atoms with Crippen LogP contribution in [0.5, 0.6) is 0 Å². The number of aromatic nitrogens is 2. The zero-order valence-electron chi connectivity index (χ0n) is 13.3. The molecule has 0 radical (unpaired) electrons. The van der Waals surface area contributed by atoms with Gasteiger partial charge in [-0.15, -0.1) is 0 Å². The zero-order chi connectivity index (χ0) is 16.0. The van der Waals surface area contributed by atoms with Crippen molar-refractivity contribution in [2.24, 2.45) is 0 Å². The second-order valence-electron chi connectivity index (χ2n) is 6.61. The van der Waals surface area contributed by atoms with E-state index in [4.69, 9.17) is 9.15 Å². The molecule has 3 heterocycles. The number of anilines is 1. The molecule has 1 aliphatic carbocycles. The van der Waals surface area contributed by atoms with Crippen LogP contribution in [0.4, 0.5) is 5.82 Å². The van der Waals surface area contributed by atoms with E-state index < -0.39 is 0 Å². The molecule has 1 unspecified atom stereocenters. The number of furan rings is 1. The minimum absolute atomic E-state index is 0.0555. The Balaban J connectivity index is 1.66. The Morgan fingerprint density at radius 2 is 2.22 bits per heavy atom. The lowest BCUT2D eigenvalue weighted by Crippen LogP contribution is -2.39. The van der Waals surface area contributed by atoms with Gasteiger partial charge in [0.25, 0.3) is 5.91 Å². The van der Waals surface area contributed by atoms with Crippen LogP contribution in [-0.4, -0.2) is 40.7 Å². The topological polar surface area (TPSA) is 89.3 Å². The van der Waals surface area contributed by atoms with Crippen molar-refractivity contribution >= 4 is 22.8 Å². The van der Waals surface area contributed by atoms with Gasteiger partial charge in [-0.3, -0.25) is 4.79 Å². The van der Waals surface area contributed by atoms with Crippen LogP contribution in [0, 0.1) is 6.92 Å². The average molecular weight is 316 g/mol. The highest BCUT2D eigenvalue weighted by atomic mass is 16.5. The number of ether oxygens (including phenoxy) is 1. The first-order chi connectivity index (χ1) is 11.1. The summed E-state index contributed by atoms with van der Waals surface area (Å²) < 4.78 is 11.0. The Hall–Kier alpha value is -2.15. The Kier molecular flexibility index (Phi) is 3.26. The third-order valence-corrected chi connectivity index (χ3v) is 4.60. The SMILES string of the molecule is Cc1oc2ncnc(NC3(C)CC3)c2c1C(=O)NCC1CCO1. The Bertz CT molecular complexity index is 762. The molecule has 2 fully saturated rings. The van der Waals surface area contributed by atoms with E-state index in [-0.39, 0.29) is 17.6 Å². The molecule has 122 valence electrons. The molecule has 0 aromatic carbocycles. The molecule has 2 aromatic rings. The molecular formula is C16H20N4O3. The standard InChI is InChI=1S/C16H20N4O3/c1-9-11(14(21)17-7-10-3-6-22-10)12-13(20-16(2)4-5-16)18-8-19-15(12)23-9/h8,10H,3-7H2,1-2H3,(H,17,21)(H,18,19,20). The van der Waals surface area contributed by atoms with Gasteiger partial charge in [-0.25, -0.2) is 9.97 Å². The van der Waals surface area contributed by atoms with Gasteiger partial charge in [0.1, 0.15) is 17.9 Å². The number of hydrogen-bond acceptors (Lipinski definition) is 6. The first-order valence-electron chi connectivity index (χ1n) is 7.98. The van der Waals surface area contributed by atoms with E-state index in [0.29, 0.717) is 34.8 Å². The van der Waals surface area contributed by atoms with E-state index >= 15 is 0 Å². The van der Waals surface area contributed by atoms with E-state index in [1.807, 2.05) is 0 Å². The molecule has 0 bridgehead atoms. The van der Waals surface area contributed by atoms with Crippen molar-refractivity contribution in [2.45, 2.75) is 44.8 Å². The van der Waals surface area contributed by atoms with E-state index in [1.54, 1.807) is 6.92 Å². The van der Waals surface area contributed by atoms with Crippen molar-refractivity contribution in [3.8, 4) is 0 Å². The quantitative estimate of drug-likeness (QED) is 0.877. The molecule has 2 aliphatic rings. The maximum absolute atomic E-state index is 12.6. The maximum Gasteiger partial charge on any atom is 0.255 e. The molecule has 2 aromatic heterocycles. The van der Waals surface area contributed by atoms with E-state index in [0.717, 1.165) is 25.9 Å². The molecular weight excluding hydrogens is 296 g/mol. The van der Waals surface area contributed by atoms with Crippen molar-refractivity contribution < 1.29 is 13.9 Å². The number of hydrogen-bond donors (Lipinski definition) is 2. The number of aryl methyl sites for hydroxylation is 1. The average Bonchev–Trinajstić information content (AvgIpc) is 3.06. The molecule has 1 saturated heterocycles. The van der Waals surface area contributed by atoms with Crippen molar-refractivity contribution in [3.63, 3.8) is 0 Å². The van der Waals surface area contributed by atoms with Crippen LogP contribution in [0.1, 0.15) is 42.3 Å². The summed E-state index contributed by atoms with van der Waals surface area (Å²) in [7, 11) is 0. The van der Waals surface area contributed by atoms with Crippen LogP contribution in [0.3, 0.4) is 0 Å². The van der Waals surface area contributed by atoms with Gasteiger partial charge in [-0.05, 0) is 33.1 Å². The lowest BCUT2D eigenvalue weighted by atomic mass is 10.1. The minimum atomic E-state index is -0.171. The zero-order valence-corrected chi connectivity index (χ0v) is 13.3. The van der Waals surface area contributed by atoms with E-state index in [9.17, 15) is 4.79 Å². The van der Waals surface area contributed by atoms with Crippen molar-refractivity contribution in [1.29, 1.82) is 0 Å². The smallest absolute Gasteiger partial charge is 0.255 e. The summed E-state index contributed by atoms with van der Waals surface area (Å²) >= 11 is 0. The number of nitrogens with zero attached hydrogens (tertiary/aromatic N) is 2. The minimum Gasteiger partial charge on any atom is -0.442 e. The lowest BCUT2D eigenvalue weighted by Gasteiger charge is -2.26. The van der Waals surface area contributed by atoms with Gasteiger partial charge in [-0.1, -0.05) is 0 Å². The van der Waals surface area contributed by atoms with Crippen LogP contribution in [0.2, 0.25) is 0 Å². The van der Waals surface area contributed by atoms with Gasteiger partial charge in [0.2, 0.25) is 5.71 Å². The predicted octanol–water partition coefficient (Wildman–Crippen LogP) is 2.01. The predicted molar refractivity (Wildman–Crippen MR) is 84.5 cm³/mol. The number of fused-ring (bicyclic) bond motifs is 1. The number of amides is 1. The van der Waals surface area contributed by atoms with E-state index in [1.165, 1.54) is 6.33 Å². The number of nitrogens with one attached hydrogen (secondary N) is 2. The highest BCUT2D eigenvalue weighted by molar-refractivity contribution is 6.10. The van der Waals surface area contributed by atoms with Crippen LogP contribution < -0.4 is 10.6 Å². The summed E-state index contributed by atoms with van der Waals surface area (Å²) in [5, 5.41) is 6.99. The van der Waals surface area contributed by atoms with Gasteiger partial charge in [0.05, 0.1) is 17.1 Å². The first-order valence-corrected chi connectivity index (χ1v) is 7.98. The Labute approximate surface area is 133 Å². The van der Waals surface area contributed by atoms with Crippen LogP contribution in [-0.2, 0) is 4.74 Å². The molecule has 0 spiro atoms. The number of carbonyl (C=O) groups is 1. The maximum atomic E-state index is 12.6. The summed E-state index contributed by atoms with van der Waals surface area (Å²) in [6, 6.07) is 0. The molecule has 1 aliphatic heterocycles. The normalized spacial score (nSPS) is 21.7. The fourth-order valence-electron chi connectivity index (χ4n) is 2.75. The summed E-state index contributed by atoms with van der Waals surface area (Å²) in [6.45, 7) is 5.20. The molecule has 1 saturated carbocycles. The molecule has 1 amide bonds. The first kappa shape index (κ1) is 14.4. The number of carbonyl (C=O) groups excluding carboxylic acids is 1. The summed E-state index contributed by atoms with van der Waals surface area (Å²) in [5.74, 6) is 1.05. The fourth-order valence-corrected chi connectivity index (χ4v) is 2.75. The second kappa shape index (κ2) is 5.19. The number of rotatable bonds is 5. The van der Waals surface area contributed by atoms with Gasteiger partial charge < -0.3 is 19.8 Å². The van der Waals surface area contributed by atoms with Crippen LogP contribution in [0.25, 0.3) is 11.1 Å². The molecule has 7 heteroatoms. The van der Waals surface area contributed by atoms with Crippen LogP contribution >= 0.6 is 0 Å². The van der Waals surface area contributed by atoms with Crippen molar-refractivity contribution in [2.75, 3.05) is 18.5 Å². The van der Waals surface area contributed by atoms with E-state index in [2.05, 4.69) is 27.5 Å². The highest BCUT2D eigenvalue weighted by Crippen LogP contribution is 2.40. The lowest BCUT2D eigenvalue weighted by molar-refractivity contribution is -0.0472. The Morgan fingerprint density at radius 1 is 1.43 bits per heavy atom. The summed E-state index contributed by atoms with van der Waals surface area (Å²) in [5.41, 5.74) is 1.00.